The second-order valence-corrected chi connectivity index (χ2v) is 14.0. The fourth-order valence-corrected chi connectivity index (χ4v) is 7.37. The molecule has 7 rings (SSSR count). The van der Waals surface area contributed by atoms with Crippen LogP contribution in [0.15, 0.2) is 66.9 Å². The van der Waals surface area contributed by atoms with Gasteiger partial charge in [0, 0.05) is 87.9 Å². The number of aryl methyl sites for hydroxylation is 2. The number of halogens is 1. The van der Waals surface area contributed by atoms with Crippen molar-refractivity contribution in [1.29, 1.82) is 0 Å². The van der Waals surface area contributed by atoms with Crippen LogP contribution in [0, 0.1) is 5.82 Å². The Balaban J connectivity index is 1.03. The van der Waals surface area contributed by atoms with Crippen molar-refractivity contribution in [3.63, 3.8) is 0 Å². The van der Waals surface area contributed by atoms with E-state index in [1.54, 1.807) is 12.1 Å². The Morgan fingerprint density at radius 1 is 1.02 bits per heavy atom. The summed E-state index contributed by atoms with van der Waals surface area (Å²) in [6.45, 7) is 13.1. The van der Waals surface area contributed by atoms with Crippen molar-refractivity contribution < 1.29 is 13.9 Å². The molecule has 0 unspecified atom stereocenters. The van der Waals surface area contributed by atoms with Gasteiger partial charge in [0.2, 0.25) is 0 Å². The van der Waals surface area contributed by atoms with Crippen LogP contribution in [-0.2, 0) is 37.3 Å². The number of amides is 1. The summed E-state index contributed by atoms with van der Waals surface area (Å²) in [5, 5.41) is 19.3. The van der Waals surface area contributed by atoms with Gasteiger partial charge in [-0.15, -0.1) is 0 Å². The first-order chi connectivity index (χ1) is 25.9. The van der Waals surface area contributed by atoms with Crippen molar-refractivity contribution in [2.24, 2.45) is 0 Å². The molecule has 2 aliphatic rings. The minimum atomic E-state index is -0.307. The van der Waals surface area contributed by atoms with Crippen LogP contribution in [0.1, 0.15) is 66.5 Å². The van der Waals surface area contributed by atoms with Gasteiger partial charge in [-0.05, 0) is 80.1 Å². The van der Waals surface area contributed by atoms with Gasteiger partial charge in [0.1, 0.15) is 17.3 Å². The highest BCUT2D eigenvalue weighted by Gasteiger charge is 2.22. The van der Waals surface area contributed by atoms with Crippen LogP contribution in [0.3, 0.4) is 0 Å². The molecule has 12 heteroatoms. The summed E-state index contributed by atoms with van der Waals surface area (Å²) >= 11 is 0. The van der Waals surface area contributed by atoms with Gasteiger partial charge in [0.25, 0.3) is 5.91 Å². The first kappa shape index (κ1) is 36.4. The van der Waals surface area contributed by atoms with Crippen LogP contribution in [0.5, 0.6) is 0 Å². The molecule has 278 valence electrons. The maximum atomic E-state index is 15.1. The molecule has 3 aromatic heterocycles. The highest BCUT2D eigenvalue weighted by atomic mass is 19.1. The van der Waals surface area contributed by atoms with E-state index in [0.717, 1.165) is 110 Å². The molecule has 53 heavy (non-hydrogen) atoms. The predicted octanol–water partition coefficient (Wildman–Crippen LogP) is 6.14. The summed E-state index contributed by atoms with van der Waals surface area (Å²) in [6, 6.07) is 19.2. The number of pyridine rings is 2. The number of carbonyl (C=O) groups excluding carboxylic acids is 1. The Morgan fingerprint density at radius 3 is 2.68 bits per heavy atom. The van der Waals surface area contributed by atoms with Crippen molar-refractivity contribution in [2.75, 3.05) is 43.5 Å². The lowest BCUT2D eigenvalue weighted by molar-refractivity contribution is 0.0904. The zero-order valence-corrected chi connectivity index (χ0v) is 30.9. The predicted molar refractivity (Wildman–Crippen MR) is 207 cm³/mol. The van der Waals surface area contributed by atoms with Crippen molar-refractivity contribution in [3.8, 4) is 11.1 Å². The fraction of sp³-hybridized carbons (Fsp3) is 0.415. The lowest BCUT2D eigenvalue weighted by atomic mass is 10.00. The van der Waals surface area contributed by atoms with Gasteiger partial charge in [0.15, 0.2) is 5.65 Å². The smallest absolute Gasteiger partial charge is 0.270 e. The number of nitrogens with one attached hydrogen (secondary N) is 4. The third-order valence-electron chi connectivity index (χ3n) is 10.2. The summed E-state index contributed by atoms with van der Waals surface area (Å²) in [5.74, 6) is -0.0161. The molecule has 2 aliphatic heterocycles. The summed E-state index contributed by atoms with van der Waals surface area (Å²) < 4.78 is 22.7. The Kier molecular flexibility index (Phi) is 11.6. The second-order valence-electron chi connectivity index (χ2n) is 14.0. The fourth-order valence-electron chi connectivity index (χ4n) is 7.37. The van der Waals surface area contributed by atoms with Crippen LogP contribution in [0.4, 0.5) is 15.9 Å². The number of anilines is 2. The lowest BCUT2D eigenvalue weighted by Gasteiger charge is -2.31. The molecule has 5 heterocycles. The highest BCUT2D eigenvalue weighted by Crippen LogP contribution is 2.32. The van der Waals surface area contributed by atoms with Crippen LogP contribution >= 0.6 is 0 Å². The van der Waals surface area contributed by atoms with Gasteiger partial charge in [-0.1, -0.05) is 37.3 Å². The second kappa shape index (κ2) is 16.8. The maximum Gasteiger partial charge on any atom is 0.270 e. The molecular formula is C41H50FN9O2. The van der Waals surface area contributed by atoms with Gasteiger partial charge >= 0.3 is 0 Å². The van der Waals surface area contributed by atoms with E-state index in [9.17, 15) is 4.79 Å². The van der Waals surface area contributed by atoms with E-state index in [4.69, 9.17) is 9.72 Å². The Hall–Kier alpha value is -4.91. The molecular weight excluding hydrogens is 670 g/mol. The van der Waals surface area contributed by atoms with E-state index in [2.05, 4.69) is 69.2 Å². The molecule has 5 aromatic rings. The number of fused-ring (bicyclic) bond motifs is 1. The molecule has 1 amide bonds. The number of carbonyl (C=O) groups is 1. The highest BCUT2D eigenvalue weighted by molar-refractivity contribution is 5.93. The van der Waals surface area contributed by atoms with Gasteiger partial charge < -0.3 is 26.0 Å². The number of hydrogen-bond donors (Lipinski definition) is 4. The monoisotopic (exact) mass is 719 g/mol. The zero-order chi connectivity index (χ0) is 36.7. The SMILES string of the molecule is CCc1nc2c(cnn2CC)c(NC2CCOCC2)c1CNc1cccc(C(=O)NCc2ccc(F)c(-c3cccc(CN4CCN[C@@H](C)C4)c3)c2)n1. The van der Waals surface area contributed by atoms with Crippen molar-refractivity contribution in [1.82, 2.24) is 35.3 Å². The molecule has 0 aliphatic carbocycles. The molecule has 2 aromatic carbocycles. The molecule has 0 radical (unpaired) electrons. The van der Waals surface area contributed by atoms with E-state index in [1.165, 1.54) is 6.07 Å². The van der Waals surface area contributed by atoms with Crippen LogP contribution < -0.4 is 21.3 Å². The quantitative estimate of drug-likeness (QED) is 0.114. The number of nitrogens with zero attached hydrogens (tertiary/aromatic N) is 5. The van der Waals surface area contributed by atoms with E-state index in [1.807, 2.05) is 41.2 Å². The molecule has 0 bridgehead atoms. The normalized spacial score (nSPS) is 16.9. The summed E-state index contributed by atoms with van der Waals surface area (Å²) in [4.78, 5) is 25.5. The third-order valence-corrected chi connectivity index (χ3v) is 10.2. The molecule has 2 fully saturated rings. The minimum absolute atomic E-state index is 0.238. The first-order valence-corrected chi connectivity index (χ1v) is 18.9. The van der Waals surface area contributed by atoms with Gasteiger partial charge in [-0.2, -0.15) is 5.10 Å². The first-order valence-electron chi connectivity index (χ1n) is 18.9. The van der Waals surface area contributed by atoms with Crippen LogP contribution in [0.2, 0.25) is 0 Å². The maximum absolute atomic E-state index is 15.1. The largest absolute Gasteiger partial charge is 0.381 e. The van der Waals surface area contributed by atoms with Crippen molar-refractivity contribution >= 4 is 28.4 Å². The zero-order valence-electron chi connectivity index (χ0n) is 30.9. The van der Waals surface area contributed by atoms with E-state index in [-0.39, 0.29) is 18.3 Å². The average Bonchev–Trinajstić information content (AvgIpc) is 3.60. The van der Waals surface area contributed by atoms with Gasteiger partial charge in [-0.3, -0.25) is 9.69 Å². The standard InChI is InChI=1S/C41H50FN9O2/c1-4-36-33(39(47-31-14-18-53-19-15-31)34-24-46-51(5-2)40(34)49-36)23-44-38-11-7-10-37(48-38)41(52)45-22-28-12-13-35(42)32(21-28)30-9-6-8-29(20-30)26-50-17-16-43-27(3)25-50/h6-13,20-21,24,27,31,43H,4-5,14-19,22-23,25-26H2,1-3H3,(H,44,48)(H,45,52)(H,47,49)/t27-/m0/s1. The Bertz CT molecular complexity index is 2040. The Morgan fingerprint density at radius 2 is 1.87 bits per heavy atom. The number of benzene rings is 2. The molecule has 4 N–H and O–H groups in total. The molecule has 11 nitrogen and oxygen atoms in total. The third kappa shape index (κ3) is 8.67. The van der Waals surface area contributed by atoms with E-state index < -0.39 is 0 Å². The number of aromatic nitrogens is 4. The van der Waals surface area contributed by atoms with Gasteiger partial charge in [-0.25, -0.2) is 19.0 Å². The molecule has 1 atom stereocenters. The van der Waals surface area contributed by atoms with Crippen LogP contribution in [0.25, 0.3) is 22.2 Å². The number of hydrogen-bond acceptors (Lipinski definition) is 9. The number of ether oxygens (including phenoxy) is 1. The Labute approximate surface area is 310 Å². The molecule has 0 saturated carbocycles. The summed E-state index contributed by atoms with van der Waals surface area (Å²) in [6.07, 6.45) is 4.52. The topological polar surface area (TPSA) is 121 Å². The van der Waals surface area contributed by atoms with Gasteiger partial charge in [0.05, 0.1) is 17.3 Å². The average molecular weight is 720 g/mol. The number of rotatable bonds is 13. The molecule has 0 spiro atoms. The summed E-state index contributed by atoms with van der Waals surface area (Å²) in [5.41, 5.74) is 7.56. The lowest BCUT2D eigenvalue weighted by Crippen LogP contribution is -2.48. The number of piperazine rings is 1. The summed E-state index contributed by atoms with van der Waals surface area (Å²) in [7, 11) is 0. The minimum Gasteiger partial charge on any atom is -0.381 e. The van der Waals surface area contributed by atoms with Crippen molar-refractivity contribution in [3.05, 3.63) is 101 Å². The van der Waals surface area contributed by atoms with E-state index in [0.29, 0.717) is 35.7 Å². The van der Waals surface area contributed by atoms with Crippen LogP contribution in [-0.4, -0.2) is 75.5 Å². The van der Waals surface area contributed by atoms with Crippen molar-refractivity contribution in [2.45, 2.75) is 78.3 Å². The van der Waals surface area contributed by atoms with E-state index >= 15 is 4.39 Å². The molecule has 2 saturated heterocycles.